The lowest BCUT2D eigenvalue weighted by molar-refractivity contribution is 0.00551. The zero-order valence-corrected chi connectivity index (χ0v) is 15.2. The largest absolute Gasteiger partial charge is 0.491 e. The maximum absolute atomic E-state index is 12.6. The van der Waals surface area contributed by atoms with E-state index in [0.717, 1.165) is 17.7 Å². The van der Waals surface area contributed by atoms with Gasteiger partial charge >= 0.3 is 6.03 Å². The highest BCUT2D eigenvalue weighted by Gasteiger charge is 2.27. The molecule has 1 fully saturated rings. The summed E-state index contributed by atoms with van der Waals surface area (Å²) >= 11 is 0. The highest BCUT2D eigenvalue weighted by atomic mass is 16.5. The molecule has 134 valence electrons. The molecule has 2 rings (SSSR count). The van der Waals surface area contributed by atoms with E-state index in [9.17, 15) is 4.79 Å². The lowest BCUT2D eigenvalue weighted by Crippen LogP contribution is -2.52. The average Bonchev–Trinajstić information content (AvgIpc) is 2.52. The molecule has 1 aromatic carbocycles. The third-order valence-corrected chi connectivity index (χ3v) is 3.95. The van der Waals surface area contributed by atoms with Gasteiger partial charge in [-0.15, -0.1) is 0 Å². The molecule has 5 heteroatoms. The number of carbonyl (C=O) groups is 1. The number of carbonyl (C=O) groups excluding carboxylic acids is 1. The van der Waals surface area contributed by atoms with Crippen LogP contribution in [0.1, 0.15) is 39.7 Å². The van der Waals surface area contributed by atoms with Gasteiger partial charge in [-0.1, -0.05) is 26.0 Å². The second kappa shape index (κ2) is 8.92. The van der Waals surface area contributed by atoms with Gasteiger partial charge in [0, 0.05) is 13.1 Å². The van der Waals surface area contributed by atoms with E-state index in [1.165, 1.54) is 0 Å². The van der Waals surface area contributed by atoms with E-state index in [-0.39, 0.29) is 18.2 Å². The molecule has 2 amide bonds. The lowest BCUT2D eigenvalue weighted by Gasteiger charge is -2.36. The second-order valence-corrected chi connectivity index (χ2v) is 7.02. The maximum Gasteiger partial charge on any atom is 0.318 e. The van der Waals surface area contributed by atoms with Gasteiger partial charge in [-0.3, -0.25) is 0 Å². The number of nitrogens with one attached hydrogen (secondary N) is 1. The molecule has 1 aromatic rings. The van der Waals surface area contributed by atoms with Crippen molar-refractivity contribution in [1.29, 1.82) is 0 Å². The molecule has 0 radical (unpaired) electrons. The fraction of sp³-hybridized carbons (Fsp3) is 0.632. The SMILES string of the molecule is CC(C)CC1COCCN1C(=O)NCc1cccc(OC(C)C)c1. The molecule has 1 aliphatic rings. The molecule has 1 N–H and O–H groups in total. The number of hydrogen-bond donors (Lipinski definition) is 1. The Morgan fingerprint density at radius 2 is 2.17 bits per heavy atom. The Morgan fingerprint density at radius 3 is 2.88 bits per heavy atom. The lowest BCUT2D eigenvalue weighted by atomic mass is 10.0. The minimum Gasteiger partial charge on any atom is -0.491 e. The van der Waals surface area contributed by atoms with Crippen LogP contribution in [-0.4, -0.2) is 42.8 Å². The standard InChI is InChI=1S/C19H30N2O3/c1-14(2)10-17-13-23-9-8-21(17)19(22)20-12-16-6-5-7-18(11-16)24-15(3)4/h5-7,11,14-15,17H,8-10,12-13H2,1-4H3,(H,20,22). The molecular formula is C19H30N2O3. The Bertz CT molecular complexity index is 531. The summed E-state index contributed by atoms with van der Waals surface area (Å²) in [5.41, 5.74) is 1.04. The van der Waals surface area contributed by atoms with Crippen molar-refractivity contribution >= 4 is 6.03 Å². The Hall–Kier alpha value is -1.75. The molecule has 5 nitrogen and oxygen atoms in total. The van der Waals surface area contributed by atoms with Gasteiger partial charge in [0.1, 0.15) is 5.75 Å². The highest BCUT2D eigenvalue weighted by molar-refractivity contribution is 5.74. The van der Waals surface area contributed by atoms with Gasteiger partial charge in [0.2, 0.25) is 0 Å². The molecule has 0 aliphatic carbocycles. The topological polar surface area (TPSA) is 50.8 Å². The van der Waals surface area contributed by atoms with Gasteiger partial charge in [0.05, 0.1) is 25.4 Å². The summed E-state index contributed by atoms with van der Waals surface area (Å²) in [5, 5.41) is 3.03. The van der Waals surface area contributed by atoms with Crippen LogP contribution < -0.4 is 10.1 Å². The highest BCUT2D eigenvalue weighted by Crippen LogP contribution is 2.17. The number of urea groups is 1. The zero-order chi connectivity index (χ0) is 17.5. The Kier molecular flexibility index (Phi) is 6.91. The van der Waals surface area contributed by atoms with Gasteiger partial charge in [-0.2, -0.15) is 0 Å². The maximum atomic E-state index is 12.6. The van der Waals surface area contributed by atoms with Gasteiger partial charge < -0.3 is 19.7 Å². The van der Waals surface area contributed by atoms with E-state index in [4.69, 9.17) is 9.47 Å². The van der Waals surface area contributed by atoms with Crippen molar-refractivity contribution in [3.63, 3.8) is 0 Å². The quantitative estimate of drug-likeness (QED) is 0.867. The third-order valence-electron chi connectivity index (χ3n) is 3.95. The molecule has 0 bridgehead atoms. The van der Waals surface area contributed by atoms with Crippen LogP contribution >= 0.6 is 0 Å². The molecule has 0 aromatic heterocycles. The van der Waals surface area contributed by atoms with Crippen LogP contribution in [0.15, 0.2) is 24.3 Å². The summed E-state index contributed by atoms with van der Waals surface area (Å²) in [6.07, 6.45) is 1.10. The number of morpholine rings is 1. The van der Waals surface area contributed by atoms with Crippen LogP contribution in [0.2, 0.25) is 0 Å². The van der Waals surface area contributed by atoms with Crippen LogP contribution in [0, 0.1) is 5.92 Å². The van der Waals surface area contributed by atoms with Crippen LogP contribution in [0.3, 0.4) is 0 Å². The summed E-state index contributed by atoms with van der Waals surface area (Å²) in [4.78, 5) is 14.5. The third kappa shape index (κ3) is 5.71. The Labute approximate surface area is 145 Å². The number of amides is 2. The normalized spacial score (nSPS) is 18.1. The van der Waals surface area contributed by atoms with E-state index < -0.39 is 0 Å². The van der Waals surface area contributed by atoms with Crippen LogP contribution in [0.4, 0.5) is 4.79 Å². The first-order valence-corrected chi connectivity index (χ1v) is 8.83. The van der Waals surface area contributed by atoms with Crippen LogP contribution in [0.5, 0.6) is 5.75 Å². The van der Waals surface area contributed by atoms with E-state index in [1.807, 2.05) is 43.0 Å². The molecule has 0 spiro atoms. The van der Waals surface area contributed by atoms with Crippen molar-refractivity contribution in [2.45, 2.75) is 52.8 Å². The predicted octanol–water partition coefficient (Wildman–Crippen LogP) is 3.43. The molecule has 0 saturated carbocycles. The summed E-state index contributed by atoms with van der Waals surface area (Å²) < 4.78 is 11.2. The molecule has 1 aliphatic heterocycles. The first-order chi connectivity index (χ1) is 11.5. The number of benzene rings is 1. The fourth-order valence-electron chi connectivity index (χ4n) is 2.94. The Balaban J connectivity index is 1.91. The van der Waals surface area contributed by atoms with E-state index in [1.54, 1.807) is 0 Å². The first-order valence-electron chi connectivity index (χ1n) is 8.83. The van der Waals surface area contributed by atoms with Crippen molar-refractivity contribution in [2.24, 2.45) is 5.92 Å². The second-order valence-electron chi connectivity index (χ2n) is 7.02. The van der Waals surface area contributed by atoms with Crippen LogP contribution in [-0.2, 0) is 11.3 Å². The monoisotopic (exact) mass is 334 g/mol. The molecule has 1 saturated heterocycles. The smallest absolute Gasteiger partial charge is 0.318 e. The fourth-order valence-corrected chi connectivity index (χ4v) is 2.94. The number of nitrogens with zero attached hydrogens (tertiary/aromatic N) is 1. The van der Waals surface area contributed by atoms with Crippen molar-refractivity contribution < 1.29 is 14.3 Å². The Morgan fingerprint density at radius 1 is 1.38 bits per heavy atom. The van der Waals surface area contributed by atoms with E-state index in [0.29, 0.717) is 32.2 Å². The minimum absolute atomic E-state index is 0.0147. The van der Waals surface area contributed by atoms with E-state index in [2.05, 4.69) is 19.2 Å². The van der Waals surface area contributed by atoms with Gasteiger partial charge in [-0.05, 0) is 43.9 Å². The molecule has 24 heavy (non-hydrogen) atoms. The molecule has 1 unspecified atom stereocenters. The average molecular weight is 334 g/mol. The van der Waals surface area contributed by atoms with E-state index >= 15 is 0 Å². The zero-order valence-electron chi connectivity index (χ0n) is 15.2. The summed E-state index contributed by atoms with van der Waals surface area (Å²) in [5.74, 6) is 1.37. The summed E-state index contributed by atoms with van der Waals surface area (Å²) in [7, 11) is 0. The summed E-state index contributed by atoms with van der Waals surface area (Å²) in [6, 6.07) is 8.01. The minimum atomic E-state index is -0.0147. The molecule has 1 atom stereocenters. The van der Waals surface area contributed by atoms with Crippen molar-refractivity contribution in [3.8, 4) is 5.75 Å². The van der Waals surface area contributed by atoms with Crippen molar-refractivity contribution in [2.75, 3.05) is 19.8 Å². The predicted molar refractivity (Wildman–Crippen MR) is 95.2 cm³/mol. The first kappa shape index (κ1) is 18.6. The van der Waals surface area contributed by atoms with Crippen molar-refractivity contribution in [1.82, 2.24) is 10.2 Å². The summed E-state index contributed by atoms with van der Waals surface area (Å²) in [6.45, 7) is 10.7. The molecular weight excluding hydrogens is 304 g/mol. The van der Waals surface area contributed by atoms with Crippen molar-refractivity contribution in [3.05, 3.63) is 29.8 Å². The van der Waals surface area contributed by atoms with Gasteiger partial charge in [0.15, 0.2) is 0 Å². The van der Waals surface area contributed by atoms with Gasteiger partial charge in [-0.25, -0.2) is 4.79 Å². The number of ether oxygens (including phenoxy) is 2. The molecule has 1 heterocycles. The van der Waals surface area contributed by atoms with Gasteiger partial charge in [0.25, 0.3) is 0 Å². The van der Waals surface area contributed by atoms with Crippen LogP contribution in [0.25, 0.3) is 0 Å². The number of rotatable bonds is 6. The number of hydrogen-bond acceptors (Lipinski definition) is 3.